The van der Waals surface area contributed by atoms with Gasteiger partial charge in [-0.1, -0.05) is 12.1 Å². The van der Waals surface area contributed by atoms with Gasteiger partial charge in [-0.15, -0.1) is 0 Å². The second-order valence-electron chi connectivity index (χ2n) is 5.86. The Morgan fingerprint density at radius 1 is 1.20 bits per heavy atom. The molecule has 0 bridgehead atoms. The Morgan fingerprint density at radius 3 is 2.52 bits per heavy atom. The molecule has 132 valence electrons. The lowest BCUT2D eigenvalue weighted by atomic mass is 10.2. The molecule has 3 rings (SSSR count). The van der Waals surface area contributed by atoms with Crippen molar-refractivity contribution < 1.29 is 19.1 Å². The molecule has 0 aliphatic carbocycles. The maximum absolute atomic E-state index is 12.3. The number of thioether (sulfide) groups is 1. The van der Waals surface area contributed by atoms with Crippen molar-refractivity contribution in [2.24, 2.45) is 0 Å². The zero-order chi connectivity index (χ0) is 17.8. The number of carbonyl (C=O) groups is 3. The van der Waals surface area contributed by atoms with Crippen LogP contribution in [0.2, 0.25) is 0 Å². The summed E-state index contributed by atoms with van der Waals surface area (Å²) in [7, 11) is 0. The molecule has 2 aliphatic rings. The molecule has 2 fully saturated rings. The first-order valence-corrected chi connectivity index (χ1v) is 9.16. The zero-order valence-corrected chi connectivity index (χ0v) is 14.9. The van der Waals surface area contributed by atoms with Crippen molar-refractivity contribution in [1.29, 1.82) is 0 Å². The number of benzene rings is 1. The van der Waals surface area contributed by atoms with Crippen LogP contribution in [-0.4, -0.2) is 48.3 Å². The smallest absolute Gasteiger partial charge is 0.326 e. The summed E-state index contributed by atoms with van der Waals surface area (Å²) in [6, 6.07) is 7.93. The summed E-state index contributed by atoms with van der Waals surface area (Å²) in [5.41, 5.74) is 2.02. The normalized spacial score (nSPS) is 19.2. The number of esters is 1. The monoisotopic (exact) mass is 360 g/mol. The minimum atomic E-state index is -0.582. The quantitative estimate of drug-likeness (QED) is 0.594. The van der Waals surface area contributed by atoms with Crippen molar-refractivity contribution in [3.63, 3.8) is 0 Å². The highest BCUT2D eigenvalue weighted by molar-refractivity contribution is 8.18. The Kier molecular flexibility index (Phi) is 5.43. The van der Waals surface area contributed by atoms with Crippen LogP contribution >= 0.6 is 11.8 Å². The van der Waals surface area contributed by atoms with E-state index in [1.54, 1.807) is 13.0 Å². The fourth-order valence-electron chi connectivity index (χ4n) is 2.88. The number of ether oxygens (including phenoxy) is 1. The van der Waals surface area contributed by atoms with Crippen LogP contribution in [-0.2, 0) is 14.3 Å². The molecule has 2 saturated heterocycles. The summed E-state index contributed by atoms with van der Waals surface area (Å²) < 4.78 is 4.80. The van der Waals surface area contributed by atoms with Crippen molar-refractivity contribution in [1.82, 2.24) is 4.90 Å². The third-order valence-corrected chi connectivity index (χ3v) is 5.04. The van der Waals surface area contributed by atoms with Gasteiger partial charge in [0.15, 0.2) is 0 Å². The van der Waals surface area contributed by atoms with Gasteiger partial charge in [0.2, 0.25) is 0 Å². The summed E-state index contributed by atoms with van der Waals surface area (Å²) in [4.78, 5) is 39.4. The maximum Gasteiger partial charge on any atom is 0.326 e. The van der Waals surface area contributed by atoms with Crippen molar-refractivity contribution >= 4 is 40.6 Å². The first kappa shape index (κ1) is 17.5. The lowest BCUT2D eigenvalue weighted by Gasteiger charge is -2.17. The van der Waals surface area contributed by atoms with Crippen molar-refractivity contribution in [3.8, 4) is 0 Å². The van der Waals surface area contributed by atoms with Gasteiger partial charge in [-0.25, -0.2) is 0 Å². The van der Waals surface area contributed by atoms with E-state index in [0.29, 0.717) is 4.91 Å². The molecular formula is C18H20N2O4S. The number of anilines is 1. The van der Waals surface area contributed by atoms with Crippen molar-refractivity contribution in [2.45, 2.75) is 19.8 Å². The van der Waals surface area contributed by atoms with Crippen LogP contribution in [0.5, 0.6) is 0 Å². The van der Waals surface area contributed by atoms with E-state index >= 15 is 0 Å². The van der Waals surface area contributed by atoms with Gasteiger partial charge in [-0.2, -0.15) is 0 Å². The molecule has 0 saturated carbocycles. The molecule has 2 amide bonds. The van der Waals surface area contributed by atoms with Crippen molar-refractivity contribution in [3.05, 3.63) is 34.7 Å². The molecule has 0 spiro atoms. The Labute approximate surface area is 150 Å². The van der Waals surface area contributed by atoms with Gasteiger partial charge >= 0.3 is 5.97 Å². The SMILES string of the molecule is CCOC(=O)CN1C(=O)S/C(=C/c2ccc(N3CCCC3)cc2)C1=O. The van der Waals surface area contributed by atoms with Gasteiger partial charge in [0.1, 0.15) is 6.54 Å². The number of carbonyl (C=O) groups excluding carboxylic acids is 3. The molecule has 2 heterocycles. The minimum absolute atomic E-state index is 0.217. The Balaban J connectivity index is 1.69. The number of amides is 2. The molecule has 25 heavy (non-hydrogen) atoms. The van der Waals surface area contributed by atoms with Crippen LogP contribution in [0.4, 0.5) is 10.5 Å². The Bertz CT molecular complexity index is 708. The topological polar surface area (TPSA) is 66.9 Å². The zero-order valence-electron chi connectivity index (χ0n) is 14.1. The van der Waals surface area contributed by atoms with E-state index in [1.807, 2.05) is 24.3 Å². The minimum Gasteiger partial charge on any atom is -0.465 e. The number of hydrogen-bond acceptors (Lipinski definition) is 6. The van der Waals surface area contributed by atoms with Gasteiger partial charge in [0.25, 0.3) is 11.1 Å². The summed E-state index contributed by atoms with van der Waals surface area (Å²) >= 11 is 0.847. The number of imide groups is 1. The van der Waals surface area contributed by atoms with Gasteiger partial charge < -0.3 is 9.64 Å². The third kappa shape index (κ3) is 4.04. The van der Waals surface area contributed by atoms with E-state index in [1.165, 1.54) is 18.5 Å². The van der Waals surface area contributed by atoms with Gasteiger partial charge in [0, 0.05) is 18.8 Å². The highest BCUT2D eigenvalue weighted by atomic mass is 32.2. The summed E-state index contributed by atoms with van der Waals surface area (Å²) in [5, 5.41) is -0.446. The van der Waals surface area contributed by atoms with E-state index < -0.39 is 17.1 Å². The fourth-order valence-corrected chi connectivity index (χ4v) is 3.72. The van der Waals surface area contributed by atoms with Gasteiger partial charge in [-0.3, -0.25) is 19.3 Å². The molecule has 0 unspecified atom stereocenters. The van der Waals surface area contributed by atoms with E-state index in [-0.39, 0.29) is 13.2 Å². The maximum atomic E-state index is 12.3. The van der Waals surface area contributed by atoms with Crippen LogP contribution < -0.4 is 4.90 Å². The van der Waals surface area contributed by atoms with E-state index in [2.05, 4.69) is 4.90 Å². The molecule has 1 aromatic carbocycles. The predicted molar refractivity (Wildman–Crippen MR) is 97.2 cm³/mol. The molecule has 1 aromatic rings. The molecule has 2 aliphatic heterocycles. The highest BCUT2D eigenvalue weighted by Gasteiger charge is 2.36. The lowest BCUT2D eigenvalue weighted by Crippen LogP contribution is -2.34. The number of rotatable bonds is 5. The number of hydrogen-bond donors (Lipinski definition) is 0. The van der Waals surface area contributed by atoms with Crippen LogP contribution in [0.15, 0.2) is 29.2 Å². The van der Waals surface area contributed by atoms with Crippen molar-refractivity contribution in [2.75, 3.05) is 31.1 Å². The third-order valence-electron chi connectivity index (χ3n) is 4.13. The summed E-state index contributed by atoms with van der Waals surface area (Å²) in [5.74, 6) is -1.03. The first-order valence-electron chi connectivity index (χ1n) is 8.34. The van der Waals surface area contributed by atoms with E-state index in [9.17, 15) is 14.4 Å². The average Bonchev–Trinajstić information content (AvgIpc) is 3.21. The lowest BCUT2D eigenvalue weighted by molar-refractivity contribution is -0.145. The molecule has 0 aromatic heterocycles. The Hall–Kier alpha value is -2.28. The number of nitrogens with zero attached hydrogens (tertiary/aromatic N) is 2. The molecule has 6 nitrogen and oxygen atoms in total. The molecule has 0 N–H and O–H groups in total. The largest absolute Gasteiger partial charge is 0.465 e. The molecule has 0 radical (unpaired) electrons. The van der Waals surface area contributed by atoms with E-state index in [4.69, 9.17) is 4.74 Å². The van der Waals surface area contributed by atoms with Gasteiger partial charge in [0.05, 0.1) is 11.5 Å². The molecular weight excluding hydrogens is 340 g/mol. The Morgan fingerprint density at radius 2 is 1.88 bits per heavy atom. The second-order valence-corrected chi connectivity index (χ2v) is 6.85. The average molecular weight is 360 g/mol. The van der Waals surface area contributed by atoms with Crippen LogP contribution in [0, 0.1) is 0 Å². The molecule has 0 atom stereocenters. The standard InChI is InChI=1S/C18H20N2O4S/c1-2-24-16(21)12-20-17(22)15(25-18(20)23)11-13-5-7-14(8-6-13)19-9-3-4-10-19/h5-8,11H,2-4,9-10,12H2,1H3/b15-11+. The first-order chi connectivity index (χ1) is 12.1. The van der Waals surface area contributed by atoms with E-state index in [0.717, 1.165) is 35.3 Å². The van der Waals surface area contributed by atoms with Crippen LogP contribution in [0.25, 0.3) is 6.08 Å². The molecule has 7 heteroatoms. The van der Waals surface area contributed by atoms with Crippen LogP contribution in [0.3, 0.4) is 0 Å². The van der Waals surface area contributed by atoms with Crippen LogP contribution in [0.1, 0.15) is 25.3 Å². The highest BCUT2D eigenvalue weighted by Crippen LogP contribution is 2.32. The summed E-state index contributed by atoms with van der Waals surface area (Å²) in [6.45, 7) is 3.70. The summed E-state index contributed by atoms with van der Waals surface area (Å²) in [6.07, 6.45) is 4.12. The second kappa shape index (κ2) is 7.74. The predicted octanol–water partition coefficient (Wildman–Crippen LogP) is 2.89. The fraction of sp³-hybridized carbons (Fsp3) is 0.389. The van der Waals surface area contributed by atoms with Gasteiger partial charge in [-0.05, 0) is 55.3 Å².